The zero-order chi connectivity index (χ0) is 14.3. The number of benzene rings is 1. The average molecular weight is 275 g/mol. The summed E-state index contributed by atoms with van der Waals surface area (Å²) in [4.78, 5) is 25.2. The fraction of sp³-hybridized carbons (Fsp3) is 0.429. The van der Waals surface area contributed by atoms with Gasteiger partial charge in [0.1, 0.15) is 0 Å². The first-order valence-corrected chi connectivity index (χ1v) is 6.75. The van der Waals surface area contributed by atoms with Crippen LogP contribution < -0.4 is 16.0 Å². The molecule has 20 heavy (non-hydrogen) atoms. The van der Waals surface area contributed by atoms with Gasteiger partial charge in [0.05, 0.1) is 23.2 Å². The maximum absolute atomic E-state index is 11.8. The van der Waals surface area contributed by atoms with E-state index in [0.717, 1.165) is 19.4 Å². The van der Waals surface area contributed by atoms with Crippen molar-refractivity contribution in [3.05, 3.63) is 23.8 Å². The fourth-order valence-corrected chi connectivity index (χ4v) is 3.22. The minimum atomic E-state index is -0.973. The molecule has 3 rings (SSSR count). The van der Waals surface area contributed by atoms with Crippen molar-refractivity contribution in [1.82, 2.24) is 5.32 Å². The highest BCUT2D eigenvalue weighted by Crippen LogP contribution is 2.34. The number of piperidine rings is 1. The Balaban J connectivity index is 2.01. The molecule has 2 atom stereocenters. The Labute approximate surface area is 116 Å². The molecule has 1 amide bonds. The minimum absolute atomic E-state index is 0.0242. The van der Waals surface area contributed by atoms with Crippen molar-refractivity contribution in [2.75, 3.05) is 23.7 Å². The maximum Gasteiger partial charge on any atom is 0.337 e. The summed E-state index contributed by atoms with van der Waals surface area (Å²) in [5.41, 5.74) is 7.18. The molecule has 2 unspecified atom stereocenters. The minimum Gasteiger partial charge on any atom is -0.478 e. The highest BCUT2D eigenvalue weighted by Gasteiger charge is 2.41. The van der Waals surface area contributed by atoms with E-state index in [1.807, 2.05) is 4.90 Å². The second-order valence-corrected chi connectivity index (χ2v) is 5.34. The van der Waals surface area contributed by atoms with Crippen molar-refractivity contribution < 1.29 is 14.7 Å². The van der Waals surface area contributed by atoms with Crippen LogP contribution in [0.3, 0.4) is 0 Å². The number of hydrogen-bond acceptors (Lipinski definition) is 4. The zero-order valence-electron chi connectivity index (χ0n) is 11.0. The number of carbonyl (C=O) groups is 2. The van der Waals surface area contributed by atoms with E-state index in [0.29, 0.717) is 17.9 Å². The number of nitrogens with one attached hydrogen (secondary N) is 1. The first-order chi connectivity index (χ1) is 9.58. The standard InChI is InChI=1S/C14H17N3O3/c15-8-3-4-10(14(19)20)11(6-8)17-5-1-2-9-12(17)7-16-13(9)18/h3-4,6,9,12H,1-2,5,7,15H2,(H,16,18)(H,19,20). The van der Waals surface area contributed by atoms with Crippen molar-refractivity contribution in [3.63, 3.8) is 0 Å². The van der Waals surface area contributed by atoms with Gasteiger partial charge in [0, 0.05) is 18.8 Å². The van der Waals surface area contributed by atoms with Crippen LogP contribution in [-0.4, -0.2) is 36.1 Å². The smallest absolute Gasteiger partial charge is 0.337 e. The molecule has 0 aliphatic carbocycles. The highest BCUT2D eigenvalue weighted by molar-refractivity contribution is 5.96. The van der Waals surface area contributed by atoms with Gasteiger partial charge in [-0.2, -0.15) is 0 Å². The molecular formula is C14H17N3O3. The van der Waals surface area contributed by atoms with E-state index >= 15 is 0 Å². The summed E-state index contributed by atoms with van der Waals surface area (Å²) in [5, 5.41) is 12.2. The van der Waals surface area contributed by atoms with Crippen molar-refractivity contribution in [3.8, 4) is 0 Å². The van der Waals surface area contributed by atoms with E-state index in [4.69, 9.17) is 5.73 Å². The second kappa shape index (κ2) is 4.70. The quantitative estimate of drug-likeness (QED) is 0.690. The van der Waals surface area contributed by atoms with Crippen LogP contribution in [-0.2, 0) is 4.79 Å². The lowest BCUT2D eigenvalue weighted by molar-refractivity contribution is -0.122. The molecule has 0 bridgehead atoms. The lowest BCUT2D eigenvalue weighted by atomic mass is 9.90. The maximum atomic E-state index is 11.8. The average Bonchev–Trinajstić information content (AvgIpc) is 2.80. The number of carboxylic acids is 1. The van der Waals surface area contributed by atoms with Gasteiger partial charge in [-0.1, -0.05) is 0 Å². The van der Waals surface area contributed by atoms with E-state index in [-0.39, 0.29) is 23.4 Å². The molecule has 6 heteroatoms. The lowest BCUT2D eigenvalue weighted by Crippen LogP contribution is -2.46. The Bertz CT molecular complexity index is 573. The van der Waals surface area contributed by atoms with Gasteiger partial charge in [0.25, 0.3) is 0 Å². The van der Waals surface area contributed by atoms with E-state index in [1.165, 1.54) is 6.07 Å². The van der Waals surface area contributed by atoms with Gasteiger partial charge in [0.2, 0.25) is 5.91 Å². The second-order valence-electron chi connectivity index (χ2n) is 5.34. The number of hydrogen-bond donors (Lipinski definition) is 3. The number of anilines is 2. The molecule has 6 nitrogen and oxygen atoms in total. The molecule has 2 saturated heterocycles. The summed E-state index contributed by atoms with van der Waals surface area (Å²) in [6.45, 7) is 1.32. The van der Waals surface area contributed by atoms with E-state index in [9.17, 15) is 14.7 Å². The number of nitrogens with two attached hydrogens (primary N) is 1. The third-order valence-corrected chi connectivity index (χ3v) is 4.16. The Kier molecular flexibility index (Phi) is 3.00. The first kappa shape index (κ1) is 12.8. The van der Waals surface area contributed by atoms with E-state index in [2.05, 4.69) is 5.32 Å². The summed E-state index contributed by atoms with van der Waals surface area (Å²) >= 11 is 0. The molecule has 2 aliphatic heterocycles. The molecule has 1 aromatic carbocycles. The number of fused-ring (bicyclic) bond motifs is 1. The van der Waals surface area contributed by atoms with Crippen LogP contribution in [0.2, 0.25) is 0 Å². The number of carbonyl (C=O) groups excluding carboxylic acids is 1. The van der Waals surface area contributed by atoms with Gasteiger partial charge in [-0.3, -0.25) is 4.79 Å². The molecule has 2 aliphatic rings. The fourth-order valence-electron chi connectivity index (χ4n) is 3.22. The molecule has 0 spiro atoms. The monoisotopic (exact) mass is 275 g/mol. The molecular weight excluding hydrogens is 258 g/mol. The molecule has 2 fully saturated rings. The molecule has 0 saturated carbocycles. The SMILES string of the molecule is Nc1ccc(C(=O)O)c(N2CCCC3C(=O)NCC32)c1. The number of carboxylic acid groups (broad SMARTS) is 1. The van der Waals surface area contributed by atoms with Crippen molar-refractivity contribution in [2.45, 2.75) is 18.9 Å². The normalized spacial score (nSPS) is 25.2. The molecule has 106 valence electrons. The lowest BCUT2D eigenvalue weighted by Gasteiger charge is -2.38. The number of nitrogen functional groups attached to an aromatic ring is 1. The van der Waals surface area contributed by atoms with Gasteiger partial charge in [-0.05, 0) is 31.0 Å². The summed E-state index contributed by atoms with van der Waals surface area (Å²) < 4.78 is 0. The third kappa shape index (κ3) is 1.97. The van der Waals surface area contributed by atoms with E-state index in [1.54, 1.807) is 12.1 Å². The van der Waals surface area contributed by atoms with Gasteiger partial charge in [-0.15, -0.1) is 0 Å². The molecule has 4 N–H and O–H groups in total. The van der Waals surface area contributed by atoms with Gasteiger partial charge in [0.15, 0.2) is 0 Å². The number of aromatic carboxylic acids is 1. The van der Waals surface area contributed by atoms with Crippen molar-refractivity contribution in [1.29, 1.82) is 0 Å². The van der Waals surface area contributed by atoms with E-state index < -0.39 is 5.97 Å². The van der Waals surface area contributed by atoms with Gasteiger partial charge < -0.3 is 21.1 Å². The Morgan fingerprint density at radius 2 is 2.25 bits per heavy atom. The first-order valence-electron chi connectivity index (χ1n) is 6.75. The summed E-state index contributed by atoms with van der Waals surface area (Å²) in [6.07, 6.45) is 1.74. The Morgan fingerprint density at radius 3 is 3.00 bits per heavy atom. The summed E-state index contributed by atoms with van der Waals surface area (Å²) in [5.74, 6) is -0.952. The Morgan fingerprint density at radius 1 is 1.45 bits per heavy atom. The predicted molar refractivity (Wildman–Crippen MR) is 74.7 cm³/mol. The summed E-state index contributed by atoms with van der Waals surface area (Å²) in [7, 11) is 0. The van der Waals surface area contributed by atoms with Crippen LogP contribution in [0, 0.1) is 5.92 Å². The highest BCUT2D eigenvalue weighted by atomic mass is 16.4. The van der Waals surface area contributed by atoms with Crippen LogP contribution in [0.4, 0.5) is 11.4 Å². The molecule has 2 heterocycles. The molecule has 0 aromatic heterocycles. The van der Waals surface area contributed by atoms with Crippen molar-refractivity contribution in [2.24, 2.45) is 5.92 Å². The Hall–Kier alpha value is -2.24. The number of nitrogens with zero attached hydrogens (tertiary/aromatic N) is 1. The van der Waals surface area contributed by atoms with Gasteiger partial charge >= 0.3 is 5.97 Å². The number of rotatable bonds is 2. The number of amides is 1. The molecule has 0 radical (unpaired) electrons. The van der Waals surface area contributed by atoms with Crippen LogP contribution in [0.1, 0.15) is 23.2 Å². The van der Waals surface area contributed by atoms with Crippen molar-refractivity contribution >= 4 is 23.3 Å². The van der Waals surface area contributed by atoms with Crippen LogP contribution in [0.15, 0.2) is 18.2 Å². The van der Waals surface area contributed by atoms with Crippen LogP contribution in [0.5, 0.6) is 0 Å². The predicted octanol–water partition coefficient (Wildman–Crippen LogP) is 0.682. The molecule has 1 aromatic rings. The zero-order valence-corrected chi connectivity index (χ0v) is 11.0. The van der Waals surface area contributed by atoms with Gasteiger partial charge in [-0.25, -0.2) is 4.79 Å². The topological polar surface area (TPSA) is 95.7 Å². The largest absolute Gasteiger partial charge is 0.478 e. The van der Waals surface area contributed by atoms with Crippen LogP contribution in [0.25, 0.3) is 0 Å². The summed E-state index contributed by atoms with van der Waals surface area (Å²) in [6, 6.07) is 4.83. The van der Waals surface area contributed by atoms with Crippen LogP contribution >= 0.6 is 0 Å². The third-order valence-electron chi connectivity index (χ3n) is 4.16.